The molecule has 1 unspecified atom stereocenters. The molecule has 0 radical (unpaired) electrons. The highest BCUT2D eigenvalue weighted by atomic mass is 35.5. The van der Waals surface area contributed by atoms with E-state index < -0.39 is 23.9 Å². The predicted octanol–water partition coefficient (Wildman–Crippen LogP) is 2.58. The minimum absolute atomic E-state index is 0.0974. The third-order valence-electron chi connectivity index (χ3n) is 5.17. The number of esters is 1. The fourth-order valence-corrected chi connectivity index (χ4v) is 3.98. The van der Waals surface area contributed by atoms with Crippen LogP contribution in [0.15, 0.2) is 53.7 Å². The lowest BCUT2D eigenvalue weighted by atomic mass is 9.95. The zero-order valence-electron chi connectivity index (χ0n) is 16.0. The predicted molar refractivity (Wildman–Crippen MR) is 109 cm³/mol. The maximum atomic E-state index is 12.8. The lowest BCUT2D eigenvalue weighted by molar-refractivity contribution is -0.136. The Morgan fingerprint density at radius 3 is 2.77 bits per heavy atom. The average Bonchev–Trinajstić information content (AvgIpc) is 3.37. The van der Waals surface area contributed by atoms with Gasteiger partial charge in [0.25, 0.3) is 0 Å². The van der Waals surface area contributed by atoms with Gasteiger partial charge >= 0.3 is 12.0 Å². The Morgan fingerprint density at radius 2 is 1.94 bits per heavy atom. The summed E-state index contributed by atoms with van der Waals surface area (Å²) in [6.07, 6.45) is 0. The molecule has 10 heteroatoms. The molecule has 0 aromatic heterocycles. The molecule has 1 atom stereocenters. The van der Waals surface area contributed by atoms with Crippen molar-refractivity contribution in [3.05, 3.63) is 64.3 Å². The Kier molecular flexibility index (Phi) is 4.67. The molecular weight excluding hydrogens is 426 g/mol. The topological polar surface area (TPSA) is 106 Å². The lowest BCUT2D eigenvalue weighted by Crippen LogP contribution is -2.49. The largest absolute Gasteiger partial charge is 0.456 e. The van der Waals surface area contributed by atoms with Crippen LogP contribution in [0.25, 0.3) is 0 Å². The van der Waals surface area contributed by atoms with E-state index in [2.05, 4.69) is 10.6 Å². The number of nitrogens with one attached hydrogen (secondary N) is 2. The number of cyclic esters (lactones) is 1. The minimum Gasteiger partial charge on any atom is -0.456 e. The van der Waals surface area contributed by atoms with E-state index in [9.17, 15) is 14.4 Å². The molecule has 0 fully saturated rings. The van der Waals surface area contributed by atoms with Crippen LogP contribution in [0.1, 0.15) is 11.6 Å². The summed E-state index contributed by atoms with van der Waals surface area (Å²) < 4.78 is 15.7. The van der Waals surface area contributed by atoms with E-state index in [0.717, 1.165) is 0 Å². The van der Waals surface area contributed by atoms with E-state index in [-0.39, 0.29) is 25.5 Å². The van der Waals surface area contributed by atoms with Crippen molar-refractivity contribution in [2.75, 3.05) is 25.3 Å². The van der Waals surface area contributed by atoms with E-state index in [1.807, 2.05) is 0 Å². The van der Waals surface area contributed by atoms with Crippen molar-refractivity contribution >= 4 is 35.2 Å². The number of rotatable bonds is 4. The van der Waals surface area contributed by atoms with Gasteiger partial charge in [-0.3, -0.25) is 9.69 Å². The van der Waals surface area contributed by atoms with E-state index in [0.29, 0.717) is 33.5 Å². The van der Waals surface area contributed by atoms with Gasteiger partial charge in [0.05, 0.1) is 17.3 Å². The van der Waals surface area contributed by atoms with Crippen molar-refractivity contribution in [1.29, 1.82) is 0 Å². The van der Waals surface area contributed by atoms with Gasteiger partial charge in [-0.05, 0) is 23.8 Å². The molecule has 0 bridgehead atoms. The highest BCUT2D eigenvalue weighted by Gasteiger charge is 2.43. The Labute approximate surface area is 181 Å². The Bertz CT molecular complexity index is 1150. The van der Waals surface area contributed by atoms with Gasteiger partial charge in [0, 0.05) is 16.8 Å². The second kappa shape index (κ2) is 7.51. The number of halogens is 1. The maximum absolute atomic E-state index is 12.8. The summed E-state index contributed by atoms with van der Waals surface area (Å²) in [6, 6.07) is 10.6. The summed E-state index contributed by atoms with van der Waals surface area (Å²) >= 11 is 6.27. The molecule has 0 spiro atoms. The molecule has 5 rings (SSSR count). The number of benzene rings is 2. The normalized spacial score (nSPS) is 19.1. The quantitative estimate of drug-likeness (QED) is 0.706. The molecule has 3 heterocycles. The highest BCUT2D eigenvalue weighted by Crippen LogP contribution is 2.38. The van der Waals surface area contributed by atoms with Crippen LogP contribution in [-0.2, 0) is 14.3 Å². The fraction of sp³-hybridized carbons (Fsp3) is 0.190. The Hall–Kier alpha value is -3.72. The monoisotopic (exact) mass is 441 g/mol. The maximum Gasteiger partial charge on any atom is 0.338 e. The molecular formula is C21H16ClN3O6. The number of nitrogens with zero attached hydrogens (tertiary/aromatic N) is 1. The number of ether oxygens (including phenoxy) is 3. The van der Waals surface area contributed by atoms with E-state index >= 15 is 0 Å². The van der Waals surface area contributed by atoms with Crippen molar-refractivity contribution < 1.29 is 28.6 Å². The summed E-state index contributed by atoms with van der Waals surface area (Å²) in [5.74, 6) is 0.115. The van der Waals surface area contributed by atoms with Crippen molar-refractivity contribution in [3.63, 3.8) is 0 Å². The molecule has 31 heavy (non-hydrogen) atoms. The van der Waals surface area contributed by atoms with Crippen LogP contribution >= 0.6 is 11.6 Å². The van der Waals surface area contributed by atoms with Crippen LogP contribution in [0.4, 0.5) is 10.5 Å². The lowest BCUT2D eigenvalue weighted by Gasteiger charge is -2.32. The van der Waals surface area contributed by atoms with Gasteiger partial charge in [-0.25, -0.2) is 9.59 Å². The van der Waals surface area contributed by atoms with Crippen molar-refractivity contribution in [2.24, 2.45) is 0 Å². The summed E-state index contributed by atoms with van der Waals surface area (Å²) in [5, 5.41) is 5.88. The highest BCUT2D eigenvalue weighted by molar-refractivity contribution is 6.31. The van der Waals surface area contributed by atoms with Crippen molar-refractivity contribution in [2.45, 2.75) is 6.04 Å². The summed E-state index contributed by atoms with van der Waals surface area (Å²) in [6.45, 7) is -0.275. The molecule has 3 aliphatic rings. The second-order valence-electron chi connectivity index (χ2n) is 7.04. The first-order valence-electron chi connectivity index (χ1n) is 9.43. The van der Waals surface area contributed by atoms with Gasteiger partial charge in [0.15, 0.2) is 11.5 Å². The number of amides is 3. The first-order valence-corrected chi connectivity index (χ1v) is 9.81. The van der Waals surface area contributed by atoms with Gasteiger partial charge in [0.2, 0.25) is 12.7 Å². The molecule has 0 saturated heterocycles. The van der Waals surface area contributed by atoms with Crippen LogP contribution in [-0.4, -0.2) is 42.8 Å². The van der Waals surface area contributed by atoms with Crippen LogP contribution in [0.5, 0.6) is 11.5 Å². The first-order chi connectivity index (χ1) is 15.0. The average molecular weight is 442 g/mol. The standard InChI is InChI=1S/C21H16ClN3O6/c22-13-4-2-1-3-12(13)19-18-14(9-29-20(18)27)25(21(28)24-19)8-17(26)23-11-5-6-15-16(7-11)31-10-30-15/h1-7,19H,8-10H2,(H,23,26)(H,24,28). The number of hydrogen-bond acceptors (Lipinski definition) is 6. The molecule has 2 N–H and O–H groups in total. The molecule has 0 saturated carbocycles. The molecule has 158 valence electrons. The zero-order chi connectivity index (χ0) is 21.5. The van der Waals surface area contributed by atoms with Crippen LogP contribution in [0.2, 0.25) is 5.02 Å². The van der Waals surface area contributed by atoms with Gasteiger partial charge in [-0.1, -0.05) is 29.8 Å². The van der Waals surface area contributed by atoms with E-state index in [4.69, 9.17) is 25.8 Å². The molecule has 2 aromatic carbocycles. The zero-order valence-corrected chi connectivity index (χ0v) is 16.8. The molecule has 3 aliphatic heterocycles. The minimum atomic E-state index is -0.751. The summed E-state index contributed by atoms with van der Waals surface area (Å²) in [4.78, 5) is 39.1. The fourth-order valence-electron chi connectivity index (χ4n) is 3.74. The molecule has 0 aliphatic carbocycles. The summed E-state index contributed by atoms with van der Waals surface area (Å²) in [5.41, 5.74) is 1.69. The number of hydrogen-bond donors (Lipinski definition) is 2. The third-order valence-corrected chi connectivity index (χ3v) is 5.52. The number of fused-ring (bicyclic) bond motifs is 1. The van der Waals surface area contributed by atoms with Gasteiger partial charge in [-0.15, -0.1) is 0 Å². The number of urea groups is 1. The van der Waals surface area contributed by atoms with E-state index in [1.165, 1.54) is 4.90 Å². The first kappa shape index (κ1) is 19.3. The summed E-state index contributed by atoms with van der Waals surface area (Å²) in [7, 11) is 0. The van der Waals surface area contributed by atoms with Gasteiger partial charge < -0.3 is 24.8 Å². The van der Waals surface area contributed by atoms with Crippen LogP contribution in [0.3, 0.4) is 0 Å². The number of anilines is 1. The second-order valence-corrected chi connectivity index (χ2v) is 7.45. The molecule has 9 nitrogen and oxygen atoms in total. The third kappa shape index (κ3) is 3.42. The SMILES string of the molecule is O=C(CN1C(=O)NC(c2ccccc2Cl)C2=C1COC2=O)Nc1ccc2c(c1)OCO2. The molecule has 3 amide bonds. The molecule has 2 aromatic rings. The Balaban J connectivity index is 1.39. The number of carbonyl (C=O) groups excluding carboxylic acids is 3. The van der Waals surface area contributed by atoms with Crippen LogP contribution in [0, 0.1) is 0 Å². The van der Waals surface area contributed by atoms with Gasteiger partial charge in [0.1, 0.15) is 13.2 Å². The smallest absolute Gasteiger partial charge is 0.338 e. The van der Waals surface area contributed by atoms with Crippen molar-refractivity contribution in [1.82, 2.24) is 10.2 Å². The van der Waals surface area contributed by atoms with E-state index in [1.54, 1.807) is 42.5 Å². The number of carbonyl (C=O) groups is 3. The van der Waals surface area contributed by atoms with Gasteiger partial charge in [-0.2, -0.15) is 0 Å². The van der Waals surface area contributed by atoms with Crippen molar-refractivity contribution in [3.8, 4) is 11.5 Å². The van der Waals surface area contributed by atoms with Crippen LogP contribution < -0.4 is 20.1 Å². The Morgan fingerprint density at radius 1 is 1.13 bits per heavy atom.